The molecule has 0 saturated heterocycles. The molecule has 3 unspecified atom stereocenters. The summed E-state index contributed by atoms with van der Waals surface area (Å²) in [7, 11) is 0. The summed E-state index contributed by atoms with van der Waals surface area (Å²) in [5.41, 5.74) is 12.3. The summed E-state index contributed by atoms with van der Waals surface area (Å²) >= 11 is 0. The van der Waals surface area contributed by atoms with E-state index in [1.54, 1.807) is 0 Å². The van der Waals surface area contributed by atoms with Gasteiger partial charge in [-0.1, -0.05) is 6.42 Å². The van der Waals surface area contributed by atoms with Crippen LogP contribution in [0.4, 0.5) is 0 Å². The van der Waals surface area contributed by atoms with Crippen LogP contribution in [0.2, 0.25) is 0 Å². The van der Waals surface area contributed by atoms with Crippen molar-refractivity contribution in [2.45, 2.75) is 43.7 Å². The van der Waals surface area contributed by atoms with E-state index in [-0.39, 0.29) is 5.54 Å². The lowest BCUT2D eigenvalue weighted by Crippen LogP contribution is -2.43. The molecule has 0 aromatic rings. The number of rotatable bonds is 0. The number of hydrogen-bond acceptors (Lipinski definition) is 2. The van der Waals surface area contributed by atoms with E-state index in [0.717, 1.165) is 6.42 Å². The average molecular weight is 140 g/mol. The predicted octanol–water partition coefficient (Wildman–Crippen LogP) is 0.605. The molecule has 0 bridgehead atoms. The molecule has 2 fully saturated rings. The molecule has 0 aliphatic heterocycles. The normalized spacial score (nSPS) is 53.4. The van der Waals surface area contributed by atoms with Crippen molar-refractivity contribution in [2.75, 3.05) is 0 Å². The average Bonchev–Trinajstić information content (AvgIpc) is 2.35. The van der Waals surface area contributed by atoms with Gasteiger partial charge in [-0.2, -0.15) is 0 Å². The van der Waals surface area contributed by atoms with Gasteiger partial charge in [0, 0.05) is 11.6 Å². The van der Waals surface area contributed by atoms with E-state index < -0.39 is 0 Å². The van der Waals surface area contributed by atoms with Crippen molar-refractivity contribution in [3.63, 3.8) is 0 Å². The second kappa shape index (κ2) is 1.95. The third-order valence-electron chi connectivity index (χ3n) is 3.36. The zero-order chi connectivity index (χ0) is 7.19. The molecule has 2 nitrogen and oxygen atoms in total. The Kier molecular flexibility index (Phi) is 1.29. The van der Waals surface area contributed by atoms with Crippen molar-refractivity contribution < 1.29 is 0 Å². The molecule has 10 heavy (non-hydrogen) atoms. The highest BCUT2D eigenvalue weighted by Crippen LogP contribution is 2.44. The predicted molar refractivity (Wildman–Crippen MR) is 41.5 cm³/mol. The first kappa shape index (κ1) is 6.62. The molecule has 0 aromatic heterocycles. The molecule has 2 saturated carbocycles. The first-order valence-electron chi connectivity index (χ1n) is 4.27. The van der Waals surface area contributed by atoms with Crippen molar-refractivity contribution in [3.8, 4) is 0 Å². The van der Waals surface area contributed by atoms with Gasteiger partial charge >= 0.3 is 0 Å². The topological polar surface area (TPSA) is 52.0 Å². The molecule has 0 amide bonds. The van der Waals surface area contributed by atoms with Gasteiger partial charge in [-0.3, -0.25) is 0 Å². The summed E-state index contributed by atoms with van der Waals surface area (Å²) in [4.78, 5) is 0. The van der Waals surface area contributed by atoms with Crippen LogP contribution in [0.15, 0.2) is 0 Å². The molecular formula is C8H16N2. The Morgan fingerprint density at radius 2 is 2.00 bits per heavy atom. The molecule has 4 N–H and O–H groups in total. The summed E-state index contributed by atoms with van der Waals surface area (Å²) in [6.07, 6.45) is 6.11. The monoisotopic (exact) mass is 140 g/mol. The van der Waals surface area contributed by atoms with Crippen LogP contribution < -0.4 is 11.5 Å². The maximum atomic E-state index is 6.17. The van der Waals surface area contributed by atoms with E-state index in [4.69, 9.17) is 11.5 Å². The van der Waals surface area contributed by atoms with E-state index in [0.29, 0.717) is 12.0 Å². The van der Waals surface area contributed by atoms with Crippen LogP contribution in [0.25, 0.3) is 0 Å². The zero-order valence-electron chi connectivity index (χ0n) is 6.34. The molecule has 58 valence electrons. The van der Waals surface area contributed by atoms with Crippen molar-refractivity contribution in [3.05, 3.63) is 0 Å². The van der Waals surface area contributed by atoms with E-state index in [1.165, 1.54) is 25.7 Å². The highest BCUT2D eigenvalue weighted by atomic mass is 14.9. The van der Waals surface area contributed by atoms with E-state index in [2.05, 4.69) is 0 Å². The van der Waals surface area contributed by atoms with E-state index in [1.807, 2.05) is 0 Å². The summed E-state index contributed by atoms with van der Waals surface area (Å²) < 4.78 is 0. The number of fused-ring (bicyclic) bond motifs is 1. The van der Waals surface area contributed by atoms with Crippen LogP contribution in [-0.2, 0) is 0 Å². The quantitative estimate of drug-likeness (QED) is 0.518. The fourth-order valence-electron chi connectivity index (χ4n) is 2.71. The minimum Gasteiger partial charge on any atom is -0.327 e. The smallest absolute Gasteiger partial charge is 0.0198 e. The van der Waals surface area contributed by atoms with Gasteiger partial charge in [0.25, 0.3) is 0 Å². The molecular weight excluding hydrogens is 124 g/mol. The van der Waals surface area contributed by atoms with Crippen LogP contribution in [-0.4, -0.2) is 11.6 Å². The van der Waals surface area contributed by atoms with Gasteiger partial charge in [-0.15, -0.1) is 0 Å². The minimum atomic E-state index is 0.152. The standard InChI is InChI=1S/C8H16N2/c9-7-3-5-8(10)4-1-2-6(7)8/h6-7H,1-5,9-10H2. The summed E-state index contributed by atoms with van der Waals surface area (Å²) in [6.45, 7) is 0. The lowest BCUT2D eigenvalue weighted by Gasteiger charge is -2.24. The fourth-order valence-corrected chi connectivity index (χ4v) is 2.71. The van der Waals surface area contributed by atoms with E-state index >= 15 is 0 Å². The molecule has 2 rings (SSSR count). The first-order chi connectivity index (χ1) is 4.72. The van der Waals surface area contributed by atoms with Crippen molar-refractivity contribution in [1.82, 2.24) is 0 Å². The molecule has 2 aliphatic carbocycles. The Morgan fingerprint density at radius 3 is 2.70 bits per heavy atom. The third kappa shape index (κ3) is 0.722. The molecule has 0 radical (unpaired) electrons. The van der Waals surface area contributed by atoms with Crippen molar-refractivity contribution in [1.29, 1.82) is 0 Å². The maximum absolute atomic E-state index is 6.17. The summed E-state index contributed by atoms with van der Waals surface area (Å²) in [6, 6.07) is 0.410. The second-order valence-corrected chi connectivity index (χ2v) is 3.93. The van der Waals surface area contributed by atoms with Crippen LogP contribution >= 0.6 is 0 Å². The highest BCUT2D eigenvalue weighted by molar-refractivity contribution is 5.06. The van der Waals surface area contributed by atoms with Crippen molar-refractivity contribution >= 4 is 0 Å². The zero-order valence-corrected chi connectivity index (χ0v) is 6.34. The number of hydrogen-bond donors (Lipinski definition) is 2. The second-order valence-electron chi connectivity index (χ2n) is 3.93. The third-order valence-corrected chi connectivity index (χ3v) is 3.36. The molecule has 0 aromatic carbocycles. The molecule has 2 heteroatoms. The van der Waals surface area contributed by atoms with Gasteiger partial charge in [0.15, 0.2) is 0 Å². The maximum Gasteiger partial charge on any atom is 0.0198 e. The summed E-state index contributed by atoms with van der Waals surface area (Å²) in [5, 5.41) is 0. The van der Waals surface area contributed by atoms with Crippen LogP contribution in [0, 0.1) is 5.92 Å². The lowest BCUT2D eigenvalue weighted by atomic mass is 9.91. The fraction of sp³-hybridized carbons (Fsp3) is 1.00. The van der Waals surface area contributed by atoms with Crippen LogP contribution in [0.1, 0.15) is 32.1 Å². The van der Waals surface area contributed by atoms with Gasteiger partial charge in [0.1, 0.15) is 0 Å². The molecule has 2 aliphatic rings. The Balaban J connectivity index is 2.19. The Bertz CT molecular complexity index is 146. The SMILES string of the molecule is NC1CCC2(N)CCCC12. The van der Waals surface area contributed by atoms with Gasteiger partial charge in [-0.05, 0) is 31.6 Å². The lowest BCUT2D eigenvalue weighted by molar-refractivity contribution is 0.352. The number of nitrogens with two attached hydrogens (primary N) is 2. The van der Waals surface area contributed by atoms with Crippen molar-refractivity contribution in [2.24, 2.45) is 17.4 Å². The van der Waals surface area contributed by atoms with Gasteiger partial charge in [-0.25, -0.2) is 0 Å². The van der Waals surface area contributed by atoms with Gasteiger partial charge < -0.3 is 11.5 Å². The largest absolute Gasteiger partial charge is 0.327 e. The Morgan fingerprint density at radius 1 is 1.20 bits per heavy atom. The highest BCUT2D eigenvalue weighted by Gasteiger charge is 2.46. The van der Waals surface area contributed by atoms with Gasteiger partial charge in [0.05, 0.1) is 0 Å². The molecule has 0 spiro atoms. The Hall–Kier alpha value is -0.0800. The molecule has 3 atom stereocenters. The summed E-state index contributed by atoms with van der Waals surface area (Å²) in [5.74, 6) is 0.646. The molecule has 0 heterocycles. The van der Waals surface area contributed by atoms with E-state index in [9.17, 15) is 0 Å². The van der Waals surface area contributed by atoms with Crippen LogP contribution in [0.5, 0.6) is 0 Å². The van der Waals surface area contributed by atoms with Gasteiger partial charge in [0.2, 0.25) is 0 Å². The Labute approximate surface area is 62.0 Å². The minimum absolute atomic E-state index is 0.152. The first-order valence-corrected chi connectivity index (χ1v) is 4.27. The van der Waals surface area contributed by atoms with Crippen LogP contribution in [0.3, 0.4) is 0 Å².